The van der Waals surface area contributed by atoms with E-state index in [1.54, 1.807) is 6.08 Å². The van der Waals surface area contributed by atoms with Crippen LogP contribution < -0.4 is 5.43 Å². The molecule has 0 fully saturated rings. The molecule has 0 unspecified atom stereocenters. The highest BCUT2D eigenvalue weighted by Crippen LogP contribution is 2.31. The molecule has 0 spiro atoms. The number of nitrogens with zero attached hydrogens (tertiary/aromatic N) is 2. The standard InChI is InChI=1S/C11H9N3O2/c15-11-13-12-9-6-5-7-3-1-2-4-8(7)10(9)14(11)16/h1-6,10,16H,(H,13,15)/t10-/m1/s1. The molecule has 0 aromatic heterocycles. The lowest BCUT2D eigenvalue weighted by Gasteiger charge is -2.32. The van der Waals surface area contributed by atoms with Crippen LogP contribution in [0.1, 0.15) is 17.2 Å². The Kier molecular flexibility index (Phi) is 1.81. The van der Waals surface area contributed by atoms with E-state index >= 15 is 0 Å². The maximum absolute atomic E-state index is 11.3. The molecule has 0 saturated heterocycles. The van der Waals surface area contributed by atoms with Crippen LogP contribution in [-0.2, 0) is 0 Å². The average Bonchev–Trinajstić information content (AvgIpc) is 2.33. The molecule has 1 atom stereocenters. The van der Waals surface area contributed by atoms with Gasteiger partial charge < -0.3 is 0 Å². The van der Waals surface area contributed by atoms with Gasteiger partial charge in [-0.25, -0.2) is 10.2 Å². The largest absolute Gasteiger partial charge is 0.362 e. The van der Waals surface area contributed by atoms with Crippen molar-refractivity contribution in [3.05, 3.63) is 41.5 Å². The van der Waals surface area contributed by atoms with Crippen molar-refractivity contribution in [3.63, 3.8) is 0 Å². The summed E-state index contributed by atoms with van der Waals surface area (Å²) in [6.07, 6.45) is 3.70. The Morgan fingerprint density at radius 3 is 3.00 bits per heavy atom. The molecule has 2 aliphatic rings. The second-order valence-electron chi connectivity index (χ2n) is 3.66. The van der Waals surface area contributed by atoms with Crippen LogP contribution in [0, 0.1) is 0 Å². The van der Waals surface area contributed by atoms with Crippen molar-refractivity contribution in [3.8, 4) is 0 Å². The van der Waals surface area contributed by atoms with Gasteiger partial charge in [0.25, 0.3) is 0 Å². The third-order valence-electron chi connectivity index (χ3n) is 2.74. The van der Waals surface area contributed by atoms with E-state index in [4.69, 9.17) is 0 Å². The summed E-state index contributed by atoms with van der Waals surface area (Å²) in [5.41, 5.74) is 4.72. The molecule has 1 aromatic rings. The maximum atomic E-state index is 11.3. The van der Waals surface area contributed by atoms with Crippen molar-refractivity contribution in [1.82, 2.24) is 10.5 Å². The van der Waals surface area contributed by atoms with E-state index in [-0.39, 0.29) is 0 Å². The second kappa shape index (κ2) is 3.18. The lowest BCUT2D eigenvalue weighted by atomic mass is 9.91. The van der Waals surface area contributed by atoms with Gasteiger partial charge in [0, 0.05) is 0 Å². The summed E-state index contributed by atoms with van der Waals surface area (Å²) in [5.74, 6) is 0. The molecule has 3 rings (SSSR count). The van der Waals surface area contributed by atoms with Crippen molar-refractivity contribution in [2.45, 2.75) is 6.04 Å². The van der Waals surface area contributed by atoms with E-state index in [2.05, 4.69) is 10.5 Å². The topological polar surface area (TPSA) is 64.9 Å². The van der Waals surface area contributed by atoms with Gasteiger partial charge >= 0.3 is 6.03 Å². The van der Waals surface area contributed by atoms with Crippen LogP contribution in [0.5, 0.6) is 0 Å². The van der Waals surface area contributed by atoms with Crippen LogP contribution in [0.15, 0.2) is 35.4 Å². The zero-order valence-corrected chi connectivity index (χ0v) is 8.29. The van der Waals surface area contributed by atoms with Crippen molar-refractivity contribution < 1.29 is 10.0 Å². The number of hydrogen-bond acceptors (Lipinski definition) is 3. The molecule has 1 aromatic carbocycles. The molecule has 1 heterocycles. The Hall–Kier alpha value is -2.14. The fraction of sp³-hybridized carbons (Fsp3) is 0.0909. The zero-order valence-electron chi connectivity index (χ0n) is 8.29. The van der Waals surface area contributed by atoms with E-state index in [1.165, 1.54) is 0 Å². The first-order chi connectivity index (χ1) is 7.77. The van der Waals surface area contributed by atoms with Crippen LogP contribution in [0.4, 0.5) is 4.79 Å². The molecule has 16 heavy (non-hydrogen) atoms. The van der Waals surface area contributed by atoms with Crippen LogP contribution in [0.3, 0.4) is 0 Å². The van der Waals surface area contributed by atoms with Crippen LogP contribution in [0.25, 0.3) is 6.08 Å². The average molecular weight is 215 g/mol. The molecule has 5 nitrogen and oxygen atoms in total. The molecule has 0 radical (unpaired) electrons. The van der Waals surface area contributed by atoms with E-state index < -0.39 is 12.1 Å². The number of nitrogens with one attached hydrogen (secondary N) is 1. The molecule has 0 saturated carbocycles. The number of urea groups is 1. The lowest BCUT2D eigenvalue weighted by Crippen LogP contribution is -2.46. The van der Waals surface area contributed by atoms with Crippen molar-refractivity contribution in [1.29, 1.82) is 0 Å². The third-order valence-corrected chi connectivity index (χ3v) is 2.74. The second-order valence-corrected chi connectivity index (χ2v) is 3.66. The minimum atomic E-state index is -0.612. The van der Waals surface area contributed by atoms with Crippen LogP contribution in [-0.4, -0.2) is 22.0 Å². The highest BCUT2D eigenvalue weighted by Gasteiger charge is 2.34. The SMILES string of the molecule is O=C1NN=C2C=Cc3ccccc3[C@H]2N1O. The van der Waals surface area contributed by atoms with Crippen molar-refractivity contribution >= 4 is 17.8 Å². The van der Waals surface area contributed by atoms with Crippen LogP contribution >= 0.6 is 0 Å². The zero-order chi connectivity index (χ0) is 11.1. The van der Waals surface area contributed by atoms with Gasteiger partial charge in [0.2, 0.25) is 0 Å². The Morgan fingerprint density at radius 2 is 2.12 bits per heavy atom. The van der Waals surface area contributed by atoms with Crippen molar-refractivity contribution in [2.24, 2.45) is 5.10 Å². The smallest absolute Gasteiger partial charge is 0.283 e. The molecular formula is C11H9N3O2. The Morgan fingerprint density at radius 1 is 1.31 bits per heavy atom. The van der Waals surface area contributed by atoms with Gasteiger partial charge in [0.15, 0.2) is 0 Å². The molecule has 2 N–H and O–H groups in total. The normalized spacial score (nSPS) is 22.1. The van der Waals surface area contributed by atoms with Crippen molar-refractivity contribution in [2.75, 3.05) is 0 Å². The predicted molar refractivity (Wildman–Crippen MR) is 57.8 cm³/mol. The number of carbonyl (C=O) groups is 1. The highest BCUT2D eigenvalue weighted by molar-refractivity contribution is 6.08. The lowest BCUT2D eigenvalue weighted by molar-refractivity contribution is -0.0635. The monoisotopic (exact) mass is 215 g/mol. The number of hydrazone groups is 1. The van der Waals surface area contributed by atoms with Gasteiger partial charge in [-0.15, -0.1) is 0 Å². The number of hydroxylamine groups is 2. The van der Waals surface area contributed by atoms with Gasteiger partial charge in [-0.05, 0) is 17.2 Å². The highest BCUT2D eigenvalue weighted by atomic mass is 16.5. The van der Waals surface area contributed by atoms with E-state index in [9.17, 15) is 10.0 Å². The summed E-state index contributed by atoms with van der Waals surface area (Å²) in [6, 6.07) is 6.48. The fourth-order valence-electron chi connectivity index (χ4n) is 1.97. The number of carbonyl (C=O) groups excluding carboxylic acids is 1. The summed E-state index contributed by atoms with van der Waals surface area (Å²) in [4.78, 5) is 11.3. The van der Waals surface area contributed by atoms with Gasteiger partial charge in [-0.3, -0.25) is 5.21 Å². The third kappa shape index (κ3) is 1.15. The predicted octanol–water partition coefficient (Wildman–Crippen LogP) is 1.52. The number of hydrogen-bond donors (Lipinski definition) is 2. The number of benzene rings is 1. The van der Waals surface area contributed by atoms with E-state index in [0.29, 0.717) is 10.8 Å². The van der Waals surface area contributed by atoms with E-state index in [0.717, 1.165) is 11.1 Å². The minimum absolute atomic E-state index is 0.505. The number of fused-ring (bicyclic) bond motifs is 3. The minimum Gasteiger partial charge on any atom is -0.283 e. The first kappa shape index (κ1) is 9.11. The molecule has 5 heteroatoms. The summed E-state index contributed by atoms with van der Waals surface area (Å²) in [6.45, 7) is 0. The molecular weight excluding hydrogens is 206 g/mol. The molecule has 2 amide bonds. The van der Waals surface area contributed by atoms with Crippen LogP contribution in [0.2, 0.25) is 0 Å². The molecule has 1 aliphatic heterocycles. The van der Waals surface area contributed by atoms with Gasteiger partial charge in [0.05, 0.1) is 5.71 Å². The fourth-order valence-corrected chi connectivity index (χ4v) is 1.97. The molecule has 0 bridgehead atoms. The Labute approximate surface area is 91.6 Å². The number of rotatable bonds is 0. The number of amides is 2. The van der Waals surface area contributed by atoms with Gasteiger partial charge in [-0.2, -0.15) is 10.2 Å². The summed E-state index contributed by atoms with van der Waals surface area (Å²) in [7, 11) is 0. The molecule has 1 aliphatic carbocycles. The molecule has 80 valence electrons. The van der Waals surface area contributed by atoms with E-state index in [1.807, 2.05) is 30.3 Å². The Balaban J connectivity index is 2.18. The Bertz CT molecular complexity index is 522. The maximum Gasteiger partial charge on any atom is 0.362 e. The van der Waals surface area contributed by atoms with Gasteiger partial charge in [-0.1, -0.05) is 30.3 Å². The summed E-state index contributed by atoms with van der Waals surface area (Å²) >= 11 is 0. The first-order valence-electron chi connectivity index (χ1n) is 4.90. The summed E-state index contributed by atoms with van der Waals surface area (Å²) in [5, 5.41) is 14.3. The first-order valence-corrected chi connectivity index (χ1v) is 4.90. The summed E-state index contributed by atoms with van der Waals surface area (Å²) < 4.78 is 0. The van der Waals surface area contributed by atoms with Gasteiger partial charge in [0.1, 0.15) is 6.04 Å². The quantitative estimate of drug-likeness (QED) is 0.644.